The fourth-order valence-electron chi connectivity index (χ4n) is 1.97. The van der Waals surface area contributed by atoms with Gasteiger partial charge in [-0.15, -0.1) is 0 Å². The van der Waals surface area contributed by atoms with Gasteiger partial charge in [-0.2, -0.15) is 0 Å². The molecule has 0 aliphatic carbocycles. The lowest BCUT2D eigenvalue weighted by Gasteiger charge is -2.10. The number of epoxide rings is 1. The summed E-state index contributed by atoms with van der Waals surface area (Å²) in [6.45, 7) is 3.11. The molecule has 1 atom stereocenters. The van der Waals surface area contributed by atoms with Gasteiger partial charge in [0.05, 0.1) is 20.9 Å². The fourth-order valence-corrected chi connectivity index (χ4v) is 3.90. The van der Waals surface area contributed by atoms with Crippen molar-refractivity contribution in [2.45, 2.75) is 22.8 Å². The molecule has 2 aromatic carbocycles. The van der Waals surface area contributed by atoms with Crippen LogP contribution in [0.3, 0.4) is 0 Å². The summed E-state index contributed by atoms with van der Waals surface area (Å²) in [5, 5.41) is 0. The van der Waals surface area contributed by atoms with Crippen LogP contribution < -0.4 is 4.74 Å². The van der Waals surface area contributed by atoms with Gasteiger partial charge in [0.25, 0.3) is 0 Å². The zero-order chi connectivity index (χ0) is 15.7. The topological polar surface area (TPSA) is 55.9 Å². The van der Waals surface area contributed by atoms with Crippen molar-refractivity contribution < 1.29 is 17.9 Å². The summed E-state index contributed by atoms with van der Waals surface area (Å²) in [5.74, 6) is 0.610. The first-order valence-corrected chi connectivity index (χ1v) is 9.10. The van der Waals surface area contributed by atoms with Gasteiger partial charge in [-0.3, -0.25) is 0 Å². The predicted molar refractivity (Wildman–Crippen MR) is 86.0 cm³/mol. The molecule has 0 saturated carbocycles. The molecule has 116 valence electrons. The number of aryl methyl sites for hydroxylation is 1. The van der Waals surface area contributed by atoms with Gasteiger partial charge >= 0.3 is 0 Å². The molecule has 0 spiro atoms. The second-order valence-corrected chi connectivity index (χ2v) is 7.98. The van der Waals surface area contributed by atoms with Crippen molar-refractivity contribution in [3.8, 4) is 5.75 Å². The zero-order valence-corrected chi connectivity index (χ0v) is 14.4. The maximum Gasteiger partial charge on any atom is 0.206 e. The summed E-state index contributed by atoms with van der Waals surface area (Å²) in [6, 6.07) is 11.6. The van der Waals surface area contributed by atoms with Gasteiger partial charge in [-0.05, 0) is 53.2 Å². The summed E-state index contributed by atoms with van der Waals surface area (Å²) in [4.78, 5) is 0.517. The van der Waals surface area contributed by atoms with E-state index >= 15 is 0 Å². The first-order valence-electron chi connectivity index (χ1n) is 6.82. The third-order valence-electron chi connectivity index (χ3n) is 3.37. The zero-order valence-electron chi connectivity index (χ0n) is 12.0. The molecule has 0 aromatic heterocycles. The van der Waals surface area contributed by atoms with Crippen LogP contribution in [0.25, 0.3) is 0 Å². The van der Waals surface area contributed by atoms with Gasteiger partial charge in [0.15, 0.2) is 0 Å². The van der Waals surface area contributed by atoms with Crippen LogP contribution >= 0.6 is 15.9 Å². The Kier molecular flexibility index (Phi) is 4.25. The van der Waals surface area contributed by atoms with Crippen molar-refractivity contribution in [3.63, 3.8) is 0 Å². The van der Waals surface area contributed by atoms with Crippen molar-refractivity contribution in [2.24, 2.45) is 0 Å². The van der Waals surface area contributed by atoms with Crippen LogP contribution in [0.4, 0.5) is 0 Å². The van der Waals surface area contributed by atoms with Crippen LogP contribution in [0.5, 0.6) is 5.75 Å². The summed E-state index contributed by atoms with van der Waals surface area (Å²) in [5.41, 5.74) is 1.02. The summed E-state index contributed by atoms with van der Waals surface area (Å²) < 4.78 is 36.5. The van der Waals surface area contributed by atoms with Crippen LogP contribution in [0.2, 0.25) is 0 Å². The first-order chi connectivity index (χ1) is 10.5. The minimum atomic E-state index is -3.52. The molecule has 0 radical (unpaired) electrons. The quantitative estimate of drug-likeness (QED) is 0.743. The van der Waals surface area contributed by atoms with Crippen LogP contribution in [-0.4, -0.2) is 27.7 Å². The summed E-state index contributed by atoms with van der Waals surface area (Å²) in [7, 11) is -3.52. The van der Waals surface area contributed by atoms with E-state index in [0.29, 0.717) is 16.8 Å². The Bertz CT molecular complexity index is 780. The number of rotatable bonds is 5. The molecule has 22 heavy (non-hydrogen) atoms. The third kappa shape index (κ3) is 3.34. The normalized spacial score (nSPS) is 17.3. The average molecular weight is 383 g/mol. The maximum atomic E-state index is 12.6. The highest BCUT2D eigenvalue weighted by Gasteiger charge is 2.24. The molecular weight excluding hydrogens is 368 g/mol. The first kappa shape index (κ1) is 15.5. The van der Waals surface area contributed by atoms with Gasteiger partial charge in [0.1, 0.15) is 18.5 Å². The summed E-state index contributed by atoms with van der Waals surface area (Å²) in [6.07, 6.45) is 0.155. The molecule has 0 N–H and O–H groups in total. The molecular formula is C16H15BrO4S. The van der Waals surface area contributed by atoms with Crippen molar-refractivity contribution >= 4 is 25.8 Å². The Morgan fingerprint density at radius 3 is 2.41 bits per heavy atom. The van der Waals surface area contributed by atoms with E-state index in [-0.39, 0.29) is 15.9 Å². The van der Waals surface area contributed by atoms with Crippen LogP contribution in [0.1, 0.15) is 5.56 Å². The molecule has 2 aromatic rings. The molecule has 1 heterocycles. The Hall–Kier alpha value is -1.37. The van der Waals surface area contributed by atoms with E-state index in [9.17, 15) is 8.42 Å². The number of halogens is 1. The molecule has 6 heteroatoms. The van der Waals surface area contributed by atoms with E-state index < -0.39 is 9.84 Å². The van der Waals surface area contributed by atoms with E-state index in [1.807, 2.05) is 6.92 Å². The van der Waals surface area contributed by atoms with E-state index in [4.69, 9.17) is 9.47 Å². The molecule has 3 rings (SSSR count). The predicted octanol–water partition coefficient (Wildman–Crippen LogP) is 3.37. The van der Waals surface area contributed by atoms with Gasteiger partial charge in [-0.25, -0.2) is 8.42 Å². The molecule has 0 bridgehead atoms. The van der Waals surface area contributed by atoms with Crippen LogP contribution in [-0.2, 0) is 14.6 Å². The highest BCUT2D eigenvalue weighted by molar-refractivity contribution is 9.10. The van der Waals surface area contributed by atoms with Crippen molar-refractivity contribution in [2.75, 3.05) is 13.2 Å². The summed E-state index contributed by atoms with van der Waals surface area (Å²) >= 11 is 3.36. The molecule has 1 fully saturated rings. The van der Waals surface area contributed by atoms with E-state index in [0.717, 1.165) is 12.2 Å². The highest BCUT2D eigenvalue weighted by Crippen LogP contribution is 2.31. The van der Waals surface area contributed by atoms with Gasteiger partial charge in [0, 0.05) is 0 Å². The Morgan fingerprint density at radius 1 is 1.18 bits per heavy atom. The number of benzene rings is 2. The van der Waals surface area contributed by atoms with E-state index in [2.05, 4.69) is 15.9 Å². The van der Waals surface area contributed by atoms with Crippen molar-refractivity contribution in [3.05, 3.63) is 52.5 Å². The number of hydrogen-bond acceptors (Lipinski definition) is 4. The lowest BCUT2D eigenvalue weighted by atomic mass is 10.2. The molecule has 1 saturated heterocycles. The Labute approximate surface area is 138 Å². The van der Waals surface area contributed by atoms with E-state index in [1.165, 1.54) is 0 Å². The lowest BCUT2D eigenvalue weighted by Crippen LogP contribution is -2.06. The molecule has 4 nitrogen and oxygen atoms in total. The van der Waals surface area contributed by atoms with Crippen LogP contribution in [0, 0.1) is 6.92 Å². The Morgan fingerprint density at radius 2 is 1.82 bits per heavy atom. The Balaban J connectivity index is 1.86. The second kappa shape index (κ2) is 6.02. The third-order valence-corrected chi connectivity index (χ3v) is 5.76. The minimum Gasteiger partial charge on any atom is -0.490 e. The van der Waals surface area contributed by atoms with Crippen molar-refractivity contribution in [1.29, 1.82) is 0 Å². The second-order valence-electron chi connectivity index (χ2n) is 5.18. The van der Waals surface area contributed by atoms with Gasteiger partial charge in [-0.1, -0.05) is 17.7 Å². The average Bonchev–Trinajstić information content (AvgIpc) is 3.30. The fraction of sp³-hybridized carbons (Fsp3) is 0.250. The van der Waals surface area contributed by atoms with Gasteiger partial charge < -0.3 is 9.47 Å². The minimum absolute atomic E-state index is 0.155. The smallest absolute Gasteiger partial charge is 0.206 e. The van der Waals surface area contributed by atoms with E-state index in [1.54, 1.807) is 42.5 Å². The number of sulfone groups is 1. The van der Waals surface area contributed by atoms with Crippen molar-refractivity contribution in [1.82, 2.24) is 0 Å². The standard InChI is InChI=1S/C16H15BrO4S/c1-11-2-4-13(5-3-11)22(18,19)14-6-7-16(15(17)8-14)21-10-12-9-20-12/h2-8,12H,9-10H2,1H3. The molecule has 1 aliphatic rings. The number of ether oxygens (including phenoxy) is 2. The van der Waals surface area contributed by atoms with Crippen LogP contribution in [0.15, 0.2) is 56.7 Å². The SMILES string of the molecule is Cc1ccc(S(=O)(=O)c2ccc(OCC3CO3)c(Br)c2)cc1. The lowest BCUT2D eigenvalue weighted by molar-refractivity contribution is 0.261. The molecule has 1 aliphatic heterocycles. The molecule has 1 unspecified atom stereocenters. The molecule has 0 amide bonds. The van der Waals surface area contributed by atoms with Gasteiger partial charge in [0.2, 0.25) is 9.84 Å². The highest BCUT2D eigenvalue weighted by atomic mass is 79.9. The largest absolute Gasteiger partial charge is 0.490 e. The number of hydrogen-bond donors (Lipinski definition) is 0. The monoisotopic (exact) mass is 382 g/mol. The maximum absolute atomic E-state index is 12.6.